The summed E-state index contributed by atoms with van der Waals surface area (Å²) in [5, 5.41) is 2.77. The van der Waals surface area contributed by atoms with E-state index in [2.05, 4.69) is 93.7 Å². The van der Waals surface area contributed by atoms with Crippen LogP contribution >= 0.6 is 0 Å². The minimum absolute atomic E-state index is 0.570. The van der Waals surface area contributed by atoms with Gasteiger partial charge in [0.15, 0.2) is 0 Å². The predicted octanol–water partition coefficient (Wildman–Crippen LogP) is 8.06. The molecule has 0 saturated heterocycles. The molecule has 0 spiro atoms. The van der Waals surface area contributed by atoms with Crippen molar-refractivity contribution in [2.24, 2.45) is 5.92 Å². The van der Waals surface area contributed by atoms with Crippen molar-refractivity contribution in [2.45, 2.75) is 57.3 Å². The predicted molar refractivity (Wildman–Crippen MR) is 137 cm³/mol. The highest BCUT2D eigenvalue weighted by atomic mass is 28.3. The van der Waals surface area contributed by atoms with Crippen molar-refractivity contribution in [1.29, 1.82) is 0 Å². The van der Waals surface area contributed by atoms with Gasteiger partial charge in [0, 0.05) is 0 Å². The largest absolute Gasteiger partial charge is 0.0791 e. The Morgan fingerprint density at radius 1 is 0.871 bits per heavy atom. The average molecular weight is 421 g/mol. The third kappa shape index (κ3) is 2.79. The zero-order valence-corrected chi connectivity index (χ0v) is 20.2. The molecule has 0 fully saturated rings. The number of benzene rings is 3. The van der Waals surface area contributed by atoms with Crippen LogP contribution < -0.4 is 0 Å². The Labute approximate surface area is 187 Å². The number of allylic oxidation sites excluding steroid dienone is 3. The fourth-order valence-corrected chi connectivity index (χ4v) is 10.2. The molecule has 0 bridgehead atoms. The van der Waals surface area contributed by atoms with Gasteiger partial charge in [-0.2, -0.15) is 0 Å². The Hall–Kier alpha value is -2.38. The Morgan fingerprint density at radius 3 is 2.45 bits per heavy atom. The summed E-state index contributed by atoms with van der Waals surface area (Å²) in [5.74, 6) is 0.586. The summed E-state index contributed by atoms with van der Waals surface area (Å²) in [6.07, 6.45) is 11.5. The lowest BCUT2D eigenvalue weighted by Crippen LogP contribution is -2.40. The molecule has 3 aliphatic rings. The number of rotatable bonds is 3. The minimum Gasteiger partial charge on any atom is -0.0791 e. The van der Waals surface area contributed by atoms with Crippen LogP contribution in [0.3, 0.4) is 0 Å². The molecule has 3 aliphatic carbocycles. The van der Waals surface area contributed by atoms with Gasteiger partial charge in [-0.05, 0) is 86.0 Å². The van der Waals surface area contributed by atoms with Crippen molar-refractivity contribution in [3.05, 3.63) is 94.1 Å². The van der Waals surface area contributed by atoms with E-state index in [9.17, 15) is 0 Å². The van der Waals surface area contributed by atoms with Crippen LogP contribution in [0.25, 0.3) is 22.4 Å². The van der Waals surface area contributed by atoms with Gasteiger partial charge in [0.25, 0.3) is 0 Å². The molecule has 0 heterocycles. The molecule has 156 valence electrons. The van der Waals surface area contributed by atoms with Crippen molar-refractivity contribution in [3.63, 3.8) is 0 Å². The first kappa shape index (κ1) is 19.3. The molecule has 3 aromatic carbocycles. The smallest absolute Gasteiger partial charge is 0.0715 e. The lowest BCUT2D eigenvalue weighted by atomic mass is 9.94. The van der Waals surface area contributed by atoms with Crippen molar-refractivity contribution < 1.29 is 0 Å². The molecule has 0 aliphatic heterocycles. The molecule has 1 heteroatoms. The van der Waals surface area contributed by atoms with Crippen molar-refractivity contribution in [2.75, 3.05) is 0 Å². The maximum Gasteiger partial charge on any atom is 0.0715 e. The van der Waals surface area contributed by atoms with Crippen LogP contribution in [-0.2, 0) is 12.8 Å². The highest BCUT2D eigenvalue weighted by molar-refractivity contribution is 6.81. The molecule has 0 amide bonds. The van der Waals surface area contributed by atoms with Crippen molar-refractivity contribution in [3.8, 4) is 0 Å². The van der Waals surface area contributed by atoms with Gasteiger partial charge in [0.1, 0.15) is 0 Å². The topological polar surface area (TPSA) is 0 Å². The van der Waals surface area contributed by atoms with Gasteiger partial charge in [0.05, 0.1) is 8.07 Å². The van der Waals surface area contributed by atoms with Crippen LogP contribution in [0.5, 0.6) is 0 Å². The lowest BCUT2D eigenvalue weighted by molar-refractivity contribution is 0.856. The van der Waals surface area contributed by atoms with E-state index >= 15 is 0 Å². The maximum atomic E-state index is 2.68. The first-order valence-corrected chi connectivity index (χ1v) is 15.2. The van der Waals surface area contributed by atoms with Gasteiger partial charge < -0.3 is 0 Å². The molecule has 2 unspecified atom stereocenters. The van der Waals surface area contributed by atoms with E-state index in [1.165, 1.54) is 35.6 Å². The standard InChI is InChI=1S/C30H32Si/c1-19(2)26-18-30(28-17-22-10-7-9-21(22)16-27(26)28)31(3,4)29-15-14-24-23-11-6-5-8-20(23)12-13-25(24)29/h5-6,8,11-19,29-30H,7,9-10H2,1-4H3. The Bertz CT molecular complexity index is 1270. The van der Waals surface area contributed by atoms with E-state index in [1.807, 2.05) is 0 Å². The van der Waals surface area contributed by atoms with Gasteiger partial charge in [-0.25, -0.2) is 0 Å². The first-order valence-electron chi connectivity index (χ1n) is 12.0. The zero-order chi connectivity index (χ0) is 21.3. The third-order valence-corrected chi connectivity index (χ3v) is 12.5. The second-order valence-corrected chi connectivity index (χ2v) is 15.7. The number of hydrogen-bond donors (Lipinski definition) is 0. The third-order valence-electron chi connectivity index (χ3n) is 8.28. The number of fused-ring (bicyclic) bond motifs is 5. The van der Waals surface area contributed by atoms with E-state index in [1.54, 1.807) is 33.4 Å². The van der Waals surface area contributed by atoms with Crippen molar-refractivity contribution in [1.82, 2.24) is 0 Å². The molecule has 0 radical (unpaired) electrons. The molecule has 31 heavy (non-hydrogen) atoms. The highest BCUT2D eigenvalue weighted by Gasteiger charge is 2.44. The molecule has 0 nitrogen and oxygen atoms in total. The molecule has 0 aromatic heterocycles. The van der Waals surface area contributed by atoms with Crippen LogP contribution in [0.4, 0.5) is 0 Å². The molecule has 6 rings (SSSR count). The summed E-state index contributed by atoms with van der Waals surface area (Å²) >= 11 is 0. The maximum absolute atomic E-state index is 2.68. The van der Waals surface area contributed by atoms with E-state index in [0.29, 0.717) is 17.0 Å². The van der Waals surface area contributed by atoms with Gasteiger partial charge in [-0.3, -0.25) is 0 Å². The summed E-state index contributed by atoms with van der Waals surface area (Å²) in [6.45, 7) is 10.0. The summed E-state index contributed by atoms with van der Waals surface area (Å²) in [5.41, 5.74) is 12.2. The molecule has 3 aromatic rings. The second-order valence-electron chi connectivity index (χ2n) is 10.8. The number of aryl methyl sites for hydroxylation is 2. The van der Waals surface area contributed by atoms with Crippen LogP contribution in [0.1, 0.15) is 64.7 Å². The van der Waals surface area contributed by atoms with Crippen LogP contribution in [0.15, 0.2) is 60.7 Å². The molecule has 0 saturated carbocycles. The fourth-order valence-electron chi connectivity index (χ4n) is 6.54. The van der Waals surface area contributed by atoms with E-state index in [4.69, 9.17) is 0 Å². The van der Waals surface area contributed by atoms with Gasteiger partial charge in [-0.1, -0.05) is 93.7 Å². The molecule has 0 N–H and O–H groups in total. The average Bonchev–Trinajstić information content (AvgIpc) is 3.48. The SMILES string of the molecule is CC(C)C1=CC([Si](C)(C)C2C=Cc3c2ccc2ccccc32)c2cc3c(cc21)CCC3. The van der Waals surface area contributed by atoms with Crippen LogP contribution in [0, 0.1) is 5.92 Å². The van der Waals surface area contributed by atoms with Gasteiger partial charge in [0.2, 0.25) is 0 Å². The highest BCUT2D eigenvalue weighted by Crippen LogP contribution is 2.51. The lowest BCUT2D eigenvalue weighted by Gasteiger charge is -2.35. The van der Waals surface area contributed by atoms with Crippen LogP contribution in [0.2, 0.25) is 13.1 Å². The molecular formula is C30H32Si. The Kier molecular flexibility index (Phi) is 4.24. The normalized spacial score (nSPS) is 21.5. The quantitative estimate of drug-likeness (QED) is 0.376. The summed E-state index contributed by atoms with van der Waals surface area (Å²) in [4.78, 5) is 0. The Morgan fingerprint density at radius 2 is 1.65 bits per heavy atom. The van der Waals surface area contributed by atoms with E-state index in [-0.39, 0.29) is 0 Å². The van der Waals surface area contributed by atoms with Gasteiger partial charge in [-0.15, -0.1) is 0 Å². The summed E-state index contributed by atoms with van der Waals surface area (Å²) < 4.78 is 0. The summed E-state index contributed by atoms with van der Waals surface area (Å²) in [7, 11) is -1.71. The van der Waals surface area contributed by atoms with E-state index in [0.717, 1.165) is 0 Å². The monoisotopic (exact) mass is 420 g/mol. The minimum atomic E-state index is -1.71. The Balaban J connectivity index is 1.48. The zero-order valence-electron chi connectivity index (χ0n) is 19.2. The van der Waals surface area contributed by atoms with Crippen LogP contribution in [-0.4, -0.2) is 8.07 Å². The molecular weight excluding hydrogens is 388 g/mol. The molecule has 2 atom stereocenters. The second kappa shape index (κ2) is 6.81. The van der Waals surface area contributed by atoms with E-state index < -0.39 is 8.07 Å². The van der Waals surface area contributed by atoms with Crippen molar-refractivity contribution >= 4 is 30.5 Å². The first-order chi connectivity index (χ1) is 14.9. The number of hydrogen-bond acceptors (Lipinski definition) is 0. The fraction of sp³-hybridized carbons (Fsp3) is 0.333. The summed E-state index contributed by atoms with van der Waals surface area (Å²) in [6, 6.07) is 18.8. The van der Waals surface area contributed by atoms with Gasteiger partial charge >= 0.3 is 0 Å².